The lowest BCUT2D eigenvalue weighted by atomic mass is 10.1. The maximum atomic E-state index is 14.0. The number of aromatic nitrogens is 4. The summed E-state index contributed by atoms with van der Waals surface area (Å²) in [6.45, 7) is 8.42. The number of hydrogen-bond acceptors (Lipinski definition) is 10. The summed E-state index contributed by atoms with van der Waals surface area (Å²) in [6, 6.07) is 31.0. The van der Waals surface area contributed by atoms with Gasteiger partial charge in [0.15, 0.2) is 0 Å². The van der Waals surface area contributed by atoms with Gasteiger partial charge in [0.1, 0.15) is 0 Å². The fraction of sp³-hybridized carbons (Fsp3) is 0.240. The zero-order valence-electron chi connectivity index (χ0n) is 36.0. The molecule has 0 aliphatic carbocycles. The summed E-state index contributed by atoms with van der Waals surface area (Å²) in [6.07, 6.45) is 14.4. The van der Waals surface area contributed by atoms with E-state index in [1.54, 1.807) is 49.1 Å². The highest BCUT2D eigenvalue weighted by Crippen LogP contribution is 2.27. The van der Waals surface area contributed by atoms with Crippen LogP contribution in [-0.4, -0.2) is 55.2 Å². The fourth-order valence-electron chi connectivity index (χ4n) is 8.48. The van der Waals surface area contributed by atoms with Crippen molar-refractivity contribution in [2.75, 3.05) is 0 Å². The van der Waals surface area contributed by atoms with E-state index in [0.717, 1.165) is 66.8 Å². The van der Waals surface area contributed by atoms with Crippen LogP contribution in [0.3, 0.4) is 0 Å². The van der Waals surface area contributed by atoms with Gasteiger partial charge in [-0.15, -0.1) is 0 Å². The van der Waals surface area contributed by atoms with Gasteiger partial charge in [0.05, 0.1) is 9.79 Å². The van der Waals surface area contributed by atoms with Crippen LogP contribution in [0.15, 0.2) is 156 Å². The fourth-order valence-corrected chi connectivity index (χ4v) is 11.3. The molecule has 2 aliphatic rings. The first-order valence-corrected chi connectivity index (χ1v) is 24.2. The largest absolute Gasteiger partial charge is 0.290 e. The molecule has 8 bridgehead atoms. The summed E-state index contributed by atoms with van der Waals surface area (Å²) in [7, 11) is -7.60. The van der Waals surface area contributed by atoms with Crippen molar-refractivity contribution in [3.05, 3.63) is 213 Å². The van der Waals surface area contributed by atoms with Gasteiger partial charge in [0, 0.05) is 115 Å². The van der Waals surface area contributed by atoms with Crippen LogP contribution in [0.1, 0.15) is 66.8 Å². The van der Waals surface area contributed by atoms with Gasteiger partial charge >= 0.3 is 0 Å². The molecular weight excluding hydrogens is 841 g/mol. The highest BCUT2D eigenvalue weighted by atomic mass is 32.2. The van der Waals surface area contributed by atoms with Gasteiger partial charge in [0.2, 0.25) is 20.0 Å². The second-order valence-electron chi connectivity index (χ2n) is 17.1. The molecule has 7 aromatic rings. The van der Waals surface area contributed by atoms with E-state index in [1.165, 1.54) is 8.61 Å². The molecule has 3 aromatic carbocycles. The normalized spacial score (nSPS) is 15.9. The average molecular weight is 891 g/mol. The minimum atomic E-state index is -3.80. The highest BCUT2D eigenvalue weighted by molar-refractivity contribution is 7.89. The molecule has 0 atom stereocenters. The number of fused-ring (bicyclic) bond motifs is 8. The molecule has 9 rings (SSSR count). The molecule has 14 heteroatoms. The summed E-state index contributed by atoms with van der Waals surface area (Å²) < 4.78 is 58.9. The van der Waals surface area contributed by atoms with Crippen molar-refractivity contribution in [2.24, 2.45) is 0 Å². The summed E-state index contributed by atoms with van der Waals surface area (Å²) in [5.74, 6) is 0. The Hall–Kier alpha value is -6.00. The quantitative estimate of drug-likeness (QED) is 0.150. The Bertz CT molecular complexity index is 2680. The number of rotatable bonds is 8. The highest BCUT2D eigenvalue weighted by Gasteiger charge is 2.28. The van der Waals surface area contributed by atoms with E-state index in [2.05, 4.69) is 78.3 Å². The van der Waals surface area contributed by atoms with Gasteiger partial charge in [-0.05, 0) is 93.7 Å². The van der Waals surface area contributed by atoms with Crippen LogP contribution in [0.5, 0.6) is 0 Å². The van der Waals surface area contributed by atoms with Crippen molar-refractivity contribution in [3.8, 4) is 0 Å². The molecule has 0 spiro atoms. The van der Waals surface area contributed by atoms with E-state index in [1.807, 2.05) is 62.9 Å². The molecule has 0 saturated heterocycles. The topological polar surface area (TPSA) is 133 Å². The maximum Gasteiger partial charge on any atom is 0.243 e. The standard InChI is InChI=1S/C50H50N8O4S2/c1-37-3-11-49(12-4-37)63(59,60)57-33-45-15-41(19-51-23-45)29-55(30-42-16-46(34-57)24-52-20-42)27-39-7-9-40(10-8-39)28-56-31-43-17-47(25-53-21-43)35-58(36-48-18-44(32-56)22-54-26-48)64(61,62)50-13-5-38(2)6-14-50/h3-26H,27-36H2,1-2H3. The smallest absolute Gasteiger partial charge is 0.243 e. The molecule has 12 nitrogen and oxygen atoms in total. The van der Waals surface area contributed by atoms with Crippen molar-refractivity contribution in [2.45, 2.75) is 89.1 Å². The van der Waals surface area contributed by atoms with E-state index >= 15 is 0 Å². The lowest BCUT2D eigenvalue weighted by molar-refractivity contribution is 0.244. The lowest BCUT2D eigenvalue weighted by Gasteiger charge is -2.27. The molecule has 0 N–H and O–H groups in total. The van der Waals surface area contributed by atoms with Gasteiger partial charge in [-0.3, -0.25) is 29.7 Å². The molecule has 64 heavy (non-hydrogen) atoms. The number of sulfonamides is 2. The SMILES string of the molecule is Cc1ccc(S(=O)(=O)N2Cc3cncc(c3)CN(Cc3ccc(CN4Cc5cncc(c5)CN(S(=O)(=O)c5ccc(C)cc5)Cc5cncc(c5)C4)cc3)Cc3cncc(c3)C2)cc1. The molecule has 0 radical (unpaired) electrons. The number of hydrogen-bond donors (Lipinski definition) is 0. The Balaban J connectivity index is 0.922. The third-order valence-electron chi connectivity index (χ3n) is 11.6. The lowest BCUT2D eigenvalue weighted by Crippen LogP contribution is -2.31. The molecule has 2 aliphatic heterocycles. The van der Waals surface area contributed by atoms with E-state index in [9.17, 15) is 16.8 Å². The number of nitrogens with zero attached hydrogens (tertiary/aromatic N) is 8. The van der Waals surface area contributed by atoms with Gasteiger partial charge in [-0.25, -0.2) is 16.8 Å². The van der Waals surface area contributed by atoms with Gasteiger partial charge in [-0.2, -0.15) is 8.61 Å². The average Bonchev–Trinajstić information content (AvgIpc) is 3.27. The molecular formula is C50H50N8O4S2. The molecule has 0 unspecified atom stereocenters. The summed E-state index contributed by atoms with van der Waals surface area (Å²) in [5.41, 5.74) is 11.6. The van der Waals surface area contributed by atoms with Gasteiger partial charge < -0.3 is 0 Å². The Labute approximate surface area is 376 Å². The summed E-state index contributed by atoms with van der Waals surface area (Å²) in [4.78, 5) is 23.4. The van der Waals surface area contributed by atoms with Crippen molar-refractivity contribution in [3.63, 3.8) is 0 Å². The second-order valence-corrected chi connectivity index (χ2v) is 21.0. The first-order chi connectivity index (χ1) is 30.9. The first kappa shape index (κ1) is 43.3. The predicted molar refractivity (Wildman–Crippen MR) is 245 cm³/mol. The summed E-state index contributed by atoms with van der Waals surface area (Å²) in [5, 5.41) is 0. The predicted octanol–water partition coefficient (Wildman–Crippen LogP) is 7.70. The molecule has 326 valence electrons. The second kappa shape index (κ2) is 18.6. The van der Waals surface area contributed by atoms with E-state index in [0.29, 0.717) is 39.3 Å². The first-order valence-electron chi connectivity index (χ1n) is 21.3. The Kier molecular flexibility index (Phi) is 12.6. The minimum absolute atomic E-state index is 0.182. The Morgan fingerprint density at radius 2 is 0.625 bits per heavy atom. The van der Waals surface area contributed by atoms with Crippen molar-refractivity contribution in [1.82, 2.24) is 38.3 Å². The van der Waals surface area contributed by atoms with Crippen LogP contribution in [0.2, 0.25) is 0 Å². The van der Waals surface area contributed by atoms with E-state index in [-0.39, 0.29) is 36.0 Å². The monoisotopic (exact) mass is 890 g/mol. The van der Waals surface area contributed by atoms with Crippen molar-refractivity contribution < 1.29 is 16.8 Å². The van der Waals surface area contributed by atoms with E-state index < -0.39 is 20.0 Å². The number of benzene rings is 3. The van der Waals surface area contributed by atoms with Crippen LogP contribution in [-0.2, 0) is 85.5 Å². The van der Waals surface area contributed by atoms with Crippen LogP contribution >= 0.6 is 0 Å². The van der Waals surface area contributed by atoms with Crippen LogP contribution < -0.4 is 0 Å². The van der Waals surface area contributed by atoms with Crippen LogP contribution in [0.25, 0.3) is 0 Å². The third kappa shape index (κ3) is 10.3. The molecule has 4 aromatic heterocycles. The Morgan fingerprint density at radius 3 is 0.891 bits per heavy atom. The number of pyridine rings is 4. The minimum Gasteiger partial charge on any atom is -0.290 e. The Morgan fingerprint density at radius 1 is 0.375 bits per heavy atom. The molecule has 0 saturated carbocycles. The van der Waals surface area contributed by atoms with Crippen LogP contribution in [0.4, 0.5) is 0 Å². The van der Waals surface area contributed by atoms with E-state index in [4.69, 9.17) is 0 Å². The molecule has 0 fully saturated rings. The maximum absolute atomic E-state index is 14.0. The van der Waals surface area contributed by atoms with Crippen molar-refractivity contribution in [1.29, 1.82) is 0 Å². The molecule has 0 amide bonds. The zero-order chi connectivity index (χ0) is 44.3. The van der Waals surface area contributed by atoms with Gasteiger partial charge in [-0.1, -0.05) is 83.9 Å². The van der Waals surface area contributed by atoms with Crippen LogP contribution in [0, 0.1) is 13.8 Å². The molecule has 6 heterocycles. The van der Waals surface area contributed by atoms with Crippen molar-refractivity contribution >= 4 is 20.0 Å². The third-order valence-corrected chi connectivity index (χ3v) is 15.2. The number of aryl methyl sites for hydroxylation is 2. The zero-order valence-corrected chi connectivity index (χ0v) is 37.6. The summed E-state index contributed by atoms with van der Waals surface area (Å²) >= 11 is 0. The van der Waals surface area contributed by atoms with Gasteiger partial charge in [0.25, 0.3) is 0 Å².